The topological polar surface area (TPSA) is 43.4 Å². The third-order valence-electron chi connectivity index (χ3n) is 2.05. The van der Waals surface area contributed by atoms with Gasteiger partial charge in [-0.3, -0.25) is 0 Å². The second-order valence-electron chi connectivity index (χ2n) is 3.18. The van der Waals surface area contributed by atoms with Crippen LogP contribution in [0.25, 0.3) is 0 Å². The molecule has 5 heteroatoms. The Morgan fingerprint density at radius 1 is 1.57 bits per heavy atom. The molecule has 78 valence electrons. The number of thiazole rings is 1. The fraction of sp³-hybridized carbons (Fsp3) is 0.667. The van der Waals surface area contributed by atoms with Gasteiger partial charge in [0, 0.05) is 18.5 Å². The van der Waals surface area contributed by atoms with E-state index in [0.29, 0.717) is 13.2 Å². The molecule has 0 bridgehead atoms. The number of hydrogen-bond donors (Lipinski definition) is 1. The highest BCUT2D eigenvalue weighted by molar-refractivity contribution is 7.07. The van der Waals surface area contributed by atoms with E-state index in [1.807, 2.05) is 10.9 Å². The number of nitrogens with one attached hydrogen (secondary N) is 1. The summed E-state index contributed by atoms with van der Waals surface area (Å²) in [6, 6.07) is 0. The van der Waals surface area contributed by atoms with E-state index < -0.39 is 0 Å². The summed E-state index contributed by atoms with van der Waals surface area (Å²) in [7, 11) is 0. The van der Waals surface area contributed by atoms with Crippen LogP contribution in [0.4, 0.5) is 0 Å². The fourth-order valence-electron chi connectivity index (χ4n) is 1.34. The Morgan fingerprint density at radius 2 is 2.57 bits per heavy atom. The molecule has 2 rings (SSSR count). The summed E-state index contributed by atoms with van der Waals surface area (Å²) in [5.74, 6) is 0. The van der Waals surface area contributed by atoms with E-state index in [4.69, 9.17) is 9.47 Å². The SMILES string of the molecule is c1nc(CNCC2COCCO2)cs1. The van der Waals surface area contributed by atoms with Crippen LogP contribution < -0.4 is 5.32 Å². The zero-order valence-corrected chi connectivity index (χ0v) is 8.76. The van der Waals surface area contributed by atoms with E-state index >= 15 is 0 Å². The van der Waals surface area contributed by atoms with Crippen molar-refractivity contribution in [3.8, 4) is 0 Å². The van der Waals surface area contributed by atoms with Gasteiger partial charge in [-0.2, -0.15) is 0 Å². The Balaban J connectivity index is 1.62. The normalized spacial score (nSPS) is 22.4. The van der Waals surface area contributed by atoms with Crippen LogP contribution in [0, 0.1) is 0 Å². The Bertz CT molecular complexity index is 247. The number of aromatic nitrogens is 1. The van der Waals surface area contributed by atoms with Crippen LogP contribution in [0.15, 0.2) is 10.9 Å². The standard InChI is InChI=1S/C9H14N2O2S/c1-2-13-9(5-12-1)4-10-3-8-6-14-7-11-8/h6-7,9-10H,1-5H2. The first-order valence-corrected chi connectivity index (χ1v) is 5.66. The molecule has 1 aliphatic rings. The van der Waals surface area contributed by atoms with Gasteiger partial charge in [0.05, 0.1) is 37.1 Å². The molecule has 0 spiro atoms. The highest BCUT2D eigenvalue weighted by atomic mass is 32.1. The maximum atomic E-state index is 5.49. The highest BCUT2D eigenvalue weighted by Gasteiger charge is 2.13. The zero-order valence-electron chi connectivity index (χ0n) is 7.94. The molecular weight excluding hydrogens is 200 g/mol. The molecule has 1 saturated heterocycles. The predicted molar refractivity (Wildman–Crippen MR) is 54.4 cm³/mol. The van der Waals surface area contributed by atoms with Crippen LogP contribution >= 0.6 is 11.3 Å². The van der Waals surface area contributed by atoms with Crippen molar-refractivity contribution in [2.75, 3.05) is 26.4 Å². The van der Waals surface area contributed by atoms with Crippen LogP contribution in [0.5, 0.6) is 0 Å². The van der Waals surface area contributed by atoms with E-state index in [0.717, 1.165) is 25.4 Å². The number of ether oxygens (including phenoxy) is 2. The van der Waals surface area contributed by atoms with Crippen molar-refractivity contribution in [1.29, 1.82) is 0 Å². The van der Waals surface area contributed by atoms with Gasteiger partial charge in [0.15, 0.2) is 0 Å². The summed E-state index contributed by atoms with van der Waals surface area (Å²) < 4.78 is 10.8. The van der Waals surface area contributed by atoms with Crippen LogP contribution in [0.3, 0.4) is 0 Å². The Labute approximate surface area is 87.3 Å². The Hall–Kier alpha value is -0.490. The zero-order chi connectivity index (χ0) is 9.64. The van der Waals surface area contributed by atoms with E-state index in [1.165, 1.54) is 0 Å². The smallest absolute Gasteiger partial charge is 0.0933 e. The molecule has 1 fully saturated rings. The molecular formula is C9H14N2O2S. The third kappa shape index (κ3) is 3.02. The van der Waals surface area contributed by atoms with Crippen molar-refractivity contribution in [1.82, 2.24) is 10.3 Å². The molecule has 0 saturated carbocycles. The summed E-state index contributed by atoms with van der Waals surface area (Å²) in [6.45, 7) is 3.77. The van der Waals surface area contributed by atoms with Crippen molar-refractivity contribution >= 4 is 11.3 Å². The molecule has 0 aromatic carbocycles. The molecule has 0 radical (unpaired) electrons. The largest absolute Gasteiger partial charge is 0.376 e. The van der Waals surface area contributed by atoms with Crippen LogP contribution in [0.1, 0.15) is 5.69 Å². The number of hydrogen-bond acceptors (Lipinski definition) is 5. The second-order valence-corrected chi connectivity index (χ2v) is 3.90. The van der Waals surface area contributed by atoms with Gasteiger partial charge in [-0.25, -0.2) is 4.98 Å². The third-order valence-corrected chi connectivity index (χ3v) is 2.68. The van der Waals surface area contributed by atoms with Crippen LogP contribution in [-0.4, -0.2) is 37.5 Å². The molecule has 1 N–H and O–H groups in total. The molecule has 1 aromatic heterocycles. The van der Waals surface area contributed by atoms with Crippen molar-refractivity contribution in [3.63, 3.8) is 0 Å². The number of rotatable bonds is 4. The van der Waals surface area contributed by atoms with E-state index in [1.54, 1.807) is 11.3 Å². The summed E-state index contributed by atoms with van der Waals surface area (Å²) >= 11 is 1.62. The van der Waals surface area contributed by atoms with Crippen molar-refractivity contribution in [2.24, 2.45) is 0 Å². The molecule has 1 unspecified atom stereocenters. The van der Waals surface area contributed by atoms with Crippen molar-refractivity contribution < 1.29 is 9.47 Å². The fourth-order valence-corrected chi connectivity index (χ4v) is 1.90. The van der Waals surface area contributed by atoms with Gasteiger partial charge in [-0.1, -0.05) is 0 Å². The van der Waals surface area contributed by atoms with Gasteiger partial charge in [0.1, 0.15) is 0 Å². The lowest BCUT2D eigenvalue weighted by Gasteiger charge is -2.22. The first-order valence-electron chi connectivity index (χ1n) is 4.72. The molecule has 14 heavy (non-hydrogen) atoms. The summed E-state index contributed by atoms with van der Waals surface area (Å²) in [5.41, 5.74) is 2.93. The van der Waals surface area contributed by atoms with E-state index in [9.17, 15) is 0 Å². The quantitative estimate of drug-likeness (QED) is 0.799. The molecule has 2 heterocycles. The van der Waals surface area contributed by atoms with Gasteiger partial charge in [-0.05, 0) is 0 Å². The molecule has 0 amide bonds. The Kier molecular flexibility index (Phi) is 3.88. The minimum atomic E-state index is 0.197. The number of nitrogens with zero attached hydrogens (tertiary/aromatic N) is 1. The van der Waals surface area contributed by atoms with Gasteiger partial charge in [0.25, 0.3) is 0 Å². The minimum absolute atomic E-state index is 0.197. The van der Waals surface area contributed by atoms with Gasteiger partial charge < -0.3 is 14.8 Å². The summed E-state index contributed by atoms with van der Waals surface area (Å²) in [4.78, 5) is 4.18. The molecule has 1 aromatic rings. The van der Waals surface area contributed by atoms with Crippen LogP contribution in [0.2, 0.25) is 0 Å². The molecule has 4 nitrogen and oxygen atoms in total. The minimum Gasteiger partial charge on any atom is -0.376 e. The maximum Gasteiger partial charge on any atom is 0.0933 e. The lowest BCUT2D eigenvalue weighted by molar-refractivity contribution is -0.0864. The lowest BCUT2D eigenvalue weighted by Crippen LogP contribution is -2.37. The van der Waals surface area contributed by atoms with Gasteiger partial charge in [0.2, 0.25) is 0 Å². The molecule has 1 aliphatic heterocycles. The van der Waals surface area contributed by atoms with Crippen molar-refractivity contribution in [2.45, 2.75) is 12.6 Å². The molecule has 0 aliphatic carbocycles. The second kappa shape index (κ2) is 5.41. The lowest BCUT2D eigenvalue weighted by atomic mass is 10.3. The summed E-state index contributed by atoms with van der Waals surface area (Å²) in [6.07, 6.45) is 0.197. The first-order chi connectivity index (χ1) is 6.95. The average molecular weight is 214 g/mol. The first kappa shape index (κ1) is 10.0. The predicted octanol–water partition coefficient (Wildman–Crippen LogP) is 0.648. The maximum absolute atomic E-state index is 5.49. The van der Waals surface area contributed by atoms with E-state index in [-0.39, 0.29) is 6.10 Å². The summed E-state index contributed by atoms with van der Waals surface area (Å²) in [5, 5.41) is 5.34. The highest BCUT2D eigenvalue weighted by Crippen LogP contribution is 2.02. The Morgan fingerprint density at radius 3 is 3.29 bits per heavy atom. The average Bonchev–Trinajstić information content (AvgIpc) is 2.72. The van der Waals surface area contributed by atoms with Gasteiger partial charge >= 0.3 is 0 Å². The van der Waals surface area contributed by atoms with Crippen LogP contribution in [-0.2, 0) is 16.0 Å². The van der Waals surface area contributed by atoms with Crippen molar-refractivity contribution in [3.05, 3.63) is 16.6 Å². The van der Waals surface area contributed by atoms with E-state index in [2.05, 4.69) is 10.3 Å². The van der Waals surface area contributed by atoms with Gasteiger partial charge in [-0.15, -0.1) is 11.3 Å². The molecule has 1 atom stereocenters. The monoisotopic (exact) mass is 214 g/mol.